The number of ketones is 3. The molecule has 5 aromatic rings. The number of aromatic nitrogens is 1. The summed E-state index contributed by atoms with van der Waals surface area (Å²) in [6, 6.07) is 19.8. The van der Waals surface area contributed by atoms with Crippen LogP contribution in [-0.4, -0.2) is 259 Å². The Hall–Kier alpha value is -9.47. The number of para-hydroxylation sites is 1. The summed E-state index contributed by atoms with van der Waals surface area (Å²) in [5.41, 5.74) is 39.3. The molecule has 33 nitrogen and oxygen atoms in total. The van der Waals surface area contributed by atoms with Gasteiger partial charge in [0, 0.05) is 118 Å². The van der Waals surface area contributed by atoms with Crippen LogP contribution < -0.4 is 66.3 Å². The van der Waals surface area contributed by atoms with Crippen molar-refractivity contribution in [3.63, 3.8) is 0 Å². The number of nitrogens with one attached hydrogen (secondary N) is 7. The molecule has 2 saturated heterocycles. The van der Waals surface area contributed by atoms with Crippen molar-refractivity contribution in [3.05, 3.63) is 132 Å². The number of phenolic OH excluding ortho intramolecular Hbond substituents is 1. The predicted octanol–water partition coefficient (Wildman–Crippen LogP) is -1.18. The number of unbranched alkanes of at least 4 members (excludes halogenated alkanes) is 1. The van der Waals surface area contributed by atoms with Crippen LogP contribution in [0.1, 0.15) is 80.7 Å². The number of carbonyl (C=O) groups excluding carboxylic acids is 11. The summed E-state index contributed by atoms with van der Waals surface area (Å²) in [5, 5.41) is 60.2. The number of nitrogens with two attached hydrogens (primary N) is 6. The smallest absolute Gasteiger partial charge is 0.309 e. The van der Waals surface area contributed by atoms with Gasteiger partial charge in [0.05, 0.1) is 80.3 Å². The molecule has 36 heteroatoms. The lowest BCUT2D eigenvalue weighted by Gasteiger charge is -2.38. The lowest BCUT2D eigenvalue weighted by Crippen LogP contribution is -2.57. The van der Waals surface area contributed by atoms with Crippen molar-refractivity contribution < 1.29 is 78.0 Å². The van der Waals surface area contributed by atoms with E-state index < -0.39 is 162 Å². The van der Waals surface area contributed by atoms with E-state index in [0.29, 0.717) is 72.2 Å². The van der Waals surface area contributed by atoms with Crippen LogP contribution in [0, 0.1) is 17.8 Å². The van der Waals surface area contributed by atoms with E-state index in [2.05, 4.69) is 36.9 Å². The topological polar surface area (TPSA) is 543 Å². The summed E-state index contributed by atoms with van der Waals surface area (Å²) in [7, 11) is 1.91. The second kappa shape index (κ2) is 44.7. The first-order valence-corrected chi connectivity index (χ1v) is 39.9. The maximum absolute atomic E-state index is 15.4. The highest BCUT2D eigenvalue weighted by Gasteiger charge is 2.39. The number of phenols is 1. The SMILES string of the molecule is C[C@@H](O)[C@H](CC(=O)[C@@H]1CSSC[C@H](CC(=O)[C@H](N)C(NC(=S)Nc2ccc(C[C@H]3CN(CC(N)=O)CCN(CC(N)=O)CCN(CC(N)=O)CCN3CC(N)=O)cc2)c2ccccc2)C(=O)N[C@@H](Cc2ccc(O)cc2)C(=O)N[C@H](Cc2c[nH]c3ccccc23)C(=O)N[C@@H](CCCCN)C(=O)C[C@@H]([C@@H](C)O)C(=O)N1)C(=O)O. The lowest BCUT2D eigenvalue weighted by atomic mass is 9.90. The number of H-pyrrole nitrogens is 1. The average molecular weight is 1610 g/mol. The van der Waals surface area contributed by atoms with E-state index >= 15 is 19.2 Å². The number of anilines is 1. The molecule has 0 bridgehead atoms. The van der Waals surface area contributed by atoms with E-state index in [1.165, 1.54) is 38.1 Å². The Morgan fingerprint density at radius 1 is 0.634 bits per heavy atom. The third-order valence-electron chi connectivity index (χ3n) is 19.7. The first-order valence-electron chi connectivity index (χ1n) is 37.0. The van der Waals surface area contributed by atoms with E-state index in [4.69, 9.17) is 46.6 Å². The van der Waals surface area contributed by atoms with Crippen LogP contribution in [0.2, 0.25) is 0 Å². The lowest BCUT2D eigenvalue weighted by molar-refractivity contribution is -0.148. The van der Waals surface area contributed by atoms with Gasteiger partial charge in [-0.3, -0.25) is 77.1 Å². The van der Waals surface area contributed by atoms with Gasteiger partial charge in [0.25, 0.3) is 0 Å². The van der Waals surface area contributed by atoms with Gasteiger partial charge >= 0.3 is 5.97 Å². The van der Waals surface area contributed by atoms with Gasteiger partial charge in [-0.05, 0) is 111 Å². The molecule has 608 valence electrons. The molecule has 112 heavy (non-hydrogen) atoms. The van der Waals surface area contributed by atoms with Crippen molar-refractivity contribution in [2.45, 2.75) is 126 Å². The number of Topliss-reactive ketones (excluding diaryl/α,β-unsaturated/α-hetero) is 3. The van der Waals surface area contributed by atoms with Gasteiger partial charge in [0.2, 0.25) is 47.3 Å². The summed E-state index contributed by atoms with van der Waals surface area (Å²) < 4.78 is 0. The number of thiocarbonyl (C=S) groups is 1. The number of aromatic hydroxyl groups is 1. The molecule has 7 rings (SSSR count). The van der Waals surface area contributed by atoms with Crippen molar-refractivity contribution >= 4 is 126 Å². The highest BCUT2D eigenvalue weighted by Crippen LogP contribution is 2.30. The number of carbonyl (C=O) groups is 12. The molecule has 1 unspecified atom stereocenters. The maximum atomic E-state index is 15.4. The van der Waals surface area contributed by atoms with Crippen molar-refractivity contribution in [3.8, 4) is 5.75 Å². The van der Waals surface area contributed by atoms with Gasteiger partial charge < -0.3 is 91.7 Å². The summed E-state index contributed by atoms with van der Waals surface area (Å²) in [4.78, 5) is 177. The first-order chi connectivity index (χ1) is 53.3. The van der Waals surface area contributed by atoms with Gasteiger partial charge in [-0.1, -0.05) is 94.4 Å². The fourth-order valence-electron chi connectivity index (χ4n) is 13.5. The third kappa shape index (κ3) is 28.9. The van der Waals surface area contributed by atoms with Crippen LogP contribution in [-0.2, 0) is 76.8 Å². The molecule has 0 spiro atoms. The molecule has 0 aliphatic carbocycles. The summed E-state index contributed by atoms with van der Waals surface area (Å²) in [5.74, 6) is -14.9. The number of primary amides is 4. The number of aliphatic carboxylic acids is 1. The van der Waals surface area contributed by atoms with Crippen molar-refractivity contribution in [1.29, 1.82) is 0 Å². The fourth-order valence-corrected chi connectivity index (χ4v) is 16.2. The molecule has 23 N–H and O–H groups in total. The zero-order valence-corrected chi connectivity index (χ0v) is 65.2. The van der Waals surface area contributed by atoms with Crippen LogP contribution in [0.25, 0.3) is 10.9 Å². The van der Waals surface area contributed by atoms with Gasteiger partial charge in [-0.2, -0.15) is 0 Å². The minimum Gasteiger partial charge on any atom is -0.508 e. The number of carboxylic acids is 1. The first kappa shape index (κ1) is 89.7. The van der Waals surface area contributed by atoms with Crippen LogP contribution in [0.3, 0.4) is 0 Å². The Morgan fingerprint density at radius 3 is 1.79 bits per heavy atom. The number of hydrogen-bond acceptors (Lipinski definition) is 24. The minimum atomic E-state index is -1.62. The number of aliphatic hydroxyl groups is 2. The second-order valence-corrected chi connectivity index (χ2v) is 31.4. The fraction of sp³-hybridized carbons (Fsp3) is 0.487. The highest BCUT2D eigenvalue weighted by molar-refractivity contribution is 8.76. The largest absolute Gasteiger partial charge is 0.508 e. The van der Waals surface area contributed by atoms with E-state index in [0.717, 1.165) is 27.2 Å². The van der Waals surface area contributed by atoms with Crippen LogP contribution in [0.15, 0.2) is 109 Å². The Balaban J connectivity index is 1.21. The third-order valence-corrected chi connectivity index (χ3v) is 22.4. The molecule has 2 fully saturated rings. The van der Waals surface area contributed by atoms with Crippen molar-refractivity contribution in [1.82, 2.24) is 51.2 Å². The quantitative estimate of drug-likeness (QED) is 0.0141. The van der Waals surface area contributed by atoms with E-state index in [9.17, 15) is 58.8 Å². The zero-order chi connectivity index (χ0) is 81.7. The Bertz CT molecular complexity index is 4050. The number of aromatic amines is 1. The molecule has 3 heterocycles. The number of benzene rings is 4. The van der Waals surface area contributed by atoms with E-state index in [-0.39, 0.29) is 101 Å². The number of carboxylic acid groups (broad SMARTS) is 1. The number of aliphatic hydroxyl groups excluding tert-OH is 2. The summed E-state index contributed by atoms with van der Waals surface area (Å²) in [6.45, 7) is 4.08. The van der Waals surface area contributed by atoms with Gasteiger partial charge in [0.15, 0.2) is 22.5 Å². The normalized spacial score (nSPS) is 21.8. The highest BCUT2D eigenvalue weighted by atomic mass is 33.1. The minimum absolute atomic E-state index is 0.000522. The second-order valence-electron chi connectivity index (χ2n) is 28.5. The average Bonchev–Trinajstić information content (AvgIpc) is 1.41. The van der Waals surface area contributed by atoms with Crippen molar-refractivity contribution in [2.75, 3.05) is 95.4 Å². The molecule has 1 aromatic heterocycles. The number of hydrogen-bond donors (Lipinski definition) is 17. The van der Waals surface area contributed by atoms with Crippen LogP contribution >= 0.6 is 33.8 Å². The van der Waals surface area contributed by atoms with Gasteiger partial charge in [-0.25, -0.2) is 0 Å². The Kier molecular flexibility index (Phi) is 35.8. The predicted molar refractivity (Wildman–Crippen MR) is 428 cm³/mol. The van der Waals surface area contributed by atoms with Crippen LogP contribution in [0.4, 0.5) is 5.69 Å². The number of rotatable bonds is 31. The molecular weight excluding hydrogens is 1500 g/mol. The molecule has 8 amide bonds. The van der Waals surface area contributed by atoms with E-state index in [1.54, 1.807) is 60.8 Å². The zero-order valence-electron chi connectivity index (χ0n) is 62.7. The Labute approximate surface area is 662 Å². The monoisotopic (exact) mass is 1610 g/mol. The number of amides is 8. The number of nitrogens with zero attached hydrogens (tertiary/aromatic N) is 4. The maximum Gasteiger partial charge on any atom is 0.309 e. The molecule has 12 atom stereocenters. The van der Waals surface area contributed by atoms with Gasteiger partial charge in [-0.15, -0.1) is 0 Å². The van der Waals surface area contributed by atoms with Crippen molar-refractivity contribution in [2.24, 2.45) is 52.2 Å². The molecule has 0 radical (unpaired) electrons. The van der Waals surface area contributed by atoms with Gasteiger partial charge in [0.1, 0.15) is 17.8 Å². The Morgan fingerprint density at radius 2 is 1.19 bits per heavy atom. The summed E-state index contributed by atoms with van der Waals surface area (Å²) in [6.07, 6.45) is -2.83. The summed E-state index contributed by atoms with van der Waals surface area (Å²) >= 11 is 5.93. The molecular formula is C76H105N17O16S3. The molecule has 4 aromatic carbocycles. The number of fused-ring (bicyclic) bond motifs is 1. The molecule has 0 saturated carbocycles. The molecule has 2 aliphatic heterocycles. The van der Waals surface area contributed by atoms with Crippen LogP contribution in [0.5, 0.6) is 5.75 Å². The standard InChI is InChI=1S/C76H105N17O16S3/c1-44(94)55-34-62(97)58(14-8-9-23-77)85-74(107)60(32-49-36-83-57-13-7-6-12-54(49)57)87-73(106)59(31-47-17-21-53(96)22-18-47)86-71(104)50(42-111-112-43-61(88-72(55)105)63(98)35-56(45(2)95)75(108)109)33-64(99)69(82)70(48-10-4-3-5-11-48)89-76(110)84-51-19-15-46(16-20-51)30-52-37-92(40-67(80)102)27-26-90(38-65(78)100)24-25-91(39-66(79)101)28-29-93(52)41-68(81)103/h3-7,10-13,15-22,36,44-45,50,52,55-56,58-61,69-70,83,94-96H,8-9,14,23-35,37-43,77,82H2,1-2H3,(H2,78,100)(H2,79,101)(H2,80,102)(H2,81,103)(H,85,107)(H,86,104)(H,87,106)(H,88,105)(H,108,109)(H2,84,89,110)/t44-,45-,50+,52+,55+,56+,58+,59+,60-,61+,69+,70?/m1/s1. The van der Waals surface area contributed by atoms with E-state index in [1.807, 2.05) is 43.9 Å². The molecule has 2 aliphatic rings.